The van der Waals surface area contributed by atoms with Crippen molar-refractivity contribution in [3.05, 3.63) is 21.9 Å². The number of hydrogen-bond donors (Lipinski definition) is 1. The molecule has 0 aliphatic carbocycles. The Morgan fingerprint density at radius 2 is 2.26 bits per heavy atom. The van der Waals surface area contributed by atoms with Crippen LogP contribution in [-0.2, 0) is 11.2 Å². The van der Waals surface area contributed by atoms with Crippen molar-refractivity contribution in [2.45, 2.75) is 32.7 Å². The van der Waals surface area contributed by atoms with Gasteiger partial charge in [0.2, 0.25) is 5.91 Å². The third-order valence-corrected chi connectivity index (χ3v) is 4.60. The van der Waals surface area contributed by atoms with E-state index in [9.17, 15) is 9.59 Å². The lowest BCUT2D eigenvalue weighted by molar-refractivity contribution is -0.119. The molecule has 19 heavy (non-hydrogen) atoms. The largest absolute Gasteiger partial charge is 0.352 e. The molecule has 1 unspecified atom stereocenters. The molecule has 1 atom stereocenters. The van der Waals surface area contributed by atoms with Crippen molar-refractivity contribution in [3.8, 4) is 0 Å². The Kier molecular flexibility index (Phi) is 4.71. The van der Waals surface area contributed by atoms with Crippen LogP contribution in [0.5, 0.6) is 0 Å². The van der Waals surface area contributed by atoms with Gasteiger partial charge in [0, 0.05) is 30.9 Å². The molecule has 0 bridgehead atoms. The minimum Gasteiger partial charge on any atom is -0.352 e. The highest BCUT2D eigenvalue weighted by molar-refractivity contribution is 7.14. The van der Waals surface area contributed by atoms with Crippen LogP contribution in [-0.4, -0.2) is 42.3 Å². The molecule has 1 aliphatic heterocycles. The van der Waals surface area contributed by atoms with E-state index in [0.29, 0.717) is 6.54 Å². The first kappa shape index (κ1) is 14.2. The average molecular weight is 280 g/mol. The molecule has 2 rings (SSSR count). The summed E-state index contributed by atoms with van der Waals surface area (Å²) >= 11 is 1.59. The minimum absolute atomic E-state index is 0.00372. The van der Waals surface area contributed by atoms with Crippen LogP contribution in [0.1, 0.15) is 34.8 Å². The Bertz CT molecular complexity index is 470. The van der Waals surface area contributed by atoms with Gasteiger partial charge in [-0.25, -0.2) is 0 Å². The third kappa shape index (κ3) is 3.88. The molecule has 1 aromatic rings. The molecule has 0 aromatic carbocycles. The first-order valence-electron chi connectivity index (χ1n) is 6.70. The molecular weight excluding hydrogens is 260 g/mol. The number of nitrogens with zero attached hydrogens (tertiary/aromatic N) is 1. The van der Waals surface area contributed by atoms with Gasteiger partial charge in [0.1, 0.15) is 0 Å². The monoisotopic (exact) mass is 280 g/mol. The molecule has 4 nitrogen and oxygen atoms in total. The van der Waals surface area contributed by atoms with E-state index in [4.69, 9.17) is 0 Å². The number of aryl methyl sites for hydroxylation is 1. The third-order valence-electron chi connectivity index (χ3n) is 3.33. The van der Waals surface area contributed by atoms with Gasteiger partial charge in [-0.1, -0.05) is 6.92 Å². The number of carbonyl (C=O) groups is 2. The Balaban J connectivity index is 1.85. The van der Waals surface area contributed by atoms with E-state index in [1.807, 2.05) is 12.1 Å². The Morgan fingerprint density at radius 3 is 2.89 bits per heavy atom. The summed E-state index contributed by atoms with van der Waals surface area (Å²) in [5.41, 5.74) is 0. The van der Waals surface area contributed by atoms with E-state index < -0.39 is 0 Å². The second-order valence-electron chi connectivity index (χ2n) is 4.96. The first-order valence-corrected chi connectivity index (χ1v) is 7.51. The molecule has 1 fully saturated rings. The van der Waals surface area contributed by atoms with Crippen molar-refractivity contribution < 1.29 is 9.59 Å². The van der Waals surface area contributed by atoms with E-state index in [-0.39, 0.29) is 17.7 Å². The fourth-order valence-electron chi connectivity index (χ4n) is 2.38. The van der Waals surface area contributed by atoms with Gasteiger partial charge in [0.15, 0.2) is 5.78 Å². The van der Waals surface area contributed by atoms with Crippen LogP contribution in [0.25, 0.3) is 0 Å². The second-order valence-corrected chi connectivity index (χ2v) is 6.13. The minimum atomic E-state index is 0.00372. The number of hydrogen-bond acceptors (Lipinski definition) is 4. The Morgan fingerprint density at radius 1 is 1.47 bits per heavy atom. The van der Waals surface area contributed by atoms with E-state index in [0.717, 1.165) is 30.8 Å². The molecule has 1 aliphatic rings. The first-order chi connectivity index (χ1) is 9.08. The highest BCUT2D eigenvalue weighted by Crippen LogP contribution is 2.18. The molecule has 1 N–H and O–H groups in total. The summed E-state index contributed by atoms with van der Waals surface area (Å²) in [5.74, 6) is 0.192. The predicted octanol–water partition coefficient (Wildman–Crippen LogP) is 1.70. The van der Waals surface area contributed by atoms with Gasteiger partial charge in [0.25, 0.3) is 0 Å². The van der Waals surface area contributed by atoms with Crippen LogP contribution in [0.3, 0.4) is 0 Å². The standard InChI is InChI=1S/C14H20N2O2S/c1-3-12-4-5-14(19-12)13(18)9-16-7-6-11(8-16)15-10(2)17/h4-5,11H,3,6-9H2,1-2H3,(H,15,17). The van der Waals surface area contributed by atoms with Crippen LogP contribution < -0.4 is 5.32 Å². The van der Waals surface area contributed by atoms with Crippen LogP contribution in [0.4, 0.5) is 0 Å². The fraction of sp³-hybridized carbons (Fsp3) is 0.571. The molecule has 1 amide bonds. The number of rotatable bonds is 5. The maximum Gasteiger partial charge on any atom is 0.217 e. The fourth-order valence-corrected chi connectivity index (χ4v) is 3.26. The summed E-state index contributed by atoms with van der Waals surface area (Å²) in [6, 6.07) is 4.15. The lowest BCUT2D eigenvalue weighted by Crippen LogP contribution is -2.36. The second kappa shape index (κ2) is 6.30. The highest BCUT2D eigenvalue weighted by Gasteiger charge is 2.25. The molecule has 1 saturated heterocycles. The molecule has 0 radical (unpaired) electrons. The van der Waals surface area contributed by atoms with Crippen LogP contribution in [0, 0.1) is 0 Å². The van der Waals surface area contributed by atoms with Gasteiger partial charge >= 0.3 is 0 Å². The van der Waals surface area contributed by atoms with Crippen molar-refractivity contribution in [1.82, 2.24) is 10.2 Å². The van der Waals surface area contributed by atoms with Crippen LogP contribution in [0.15, 0.2) is 12.1 Å². The number of carbonyl (C=O) groups excluding carboxylic acids is 2. The summed E-state index contributed by atoms with van der Waals surface area (Å²) in [4.78, 5) is 27.3. The normalized spacial score (nSPS) is 19.6. The van der Waals surface area contributed by atoms with Crippen molar-refractivity contribution >= 4 is 23.0 Å². The number of Topliss-reactive ketones (excluding diaryl/α,β-unsaturated/α-hetero) is 1. The zero-order valence-electron chi connectivity index (χ0n) is 11.4. The number of thiophene rings is 1. The molecule has 5 heteroatoms. The van der Waals surface area contributed by atoms with E-state index in [1.165, 1.54) is 11.8 Å². The van der Waals surface area contributed by atoms with E-state index in [1.54, 1.807) is 11.3 Å². The van der Waals surface area contributed by atoms with Gasteiger partial charge < -0.3 is 5.32 Å². The van der Waals surface area contributed by atoms with Gasteiger partial charge in [-0.2, -0.15) is 0 Å². The average Bonchev–Trinajstić information content (AvgIpc) is 2.97. The smallest absolute Gasteiger partial charge is 0.217 e. The predicted molar refractivity (Wildman–Crippen MR) is 76.7 cm³/mol. The number of likely N-dealkylation sites (tertiary alicyclic amines) is 1. The zero-order valence-corrected chi connectivity index (χ0v) is 12.3. The molecule has 104 valence electrons. The van der Waals surface area contributed by atoms with Gasteiger partial charge in [-0.05, 0) is 25.0 Å². The maximum absolute atomic E-state index is 12.1. The topological polar surface area (TPSA) is 49.4 Å². The Labute approximate surface area is 117 Å². The number of nitrogens with one attached hydrogen (secondary N) is 1. The van der Waals surface area contributed by atoms with Crippen LogP contribution >= 0.6 is 11.3 Å². The zero-order chi connectivity index (χ0) is 13.8. The van der Waals surface area contributed by atoms with Crippen molar-refractivity contribution in [2.75, 3.05) is 19.6 Å². The van der Waals surface area contributed by atoms with E-state index in [2.05, 4.69) is 17.1 Å². The van der Waals surface area contributed by atoms with Gasteiger partial charge in [-0.3, -0.25) is 14.5 Å². The molecule has 0 spiro atoms. The molecule has 1 aromatic heterocycles. The summed E-state index contributed by atoms with van der Waals surface area (Å²) in [6.07, 6.45) is 1.91. The van der Waals surface area contributed by atoms with Crippen molar-refractivity contribution in [3.63, 3.8) is 0 Å². The van der Waals surface area contributed by atoms with Crippen molar-refractivity contribution in [1.29, 1.82) is 0 Å². The SMILES string of the molecule is CCc1ccc(C(=O)CN2CCC(NC(C)=O)C2)s1. The Hall–Kier alpha value is -1.20. The number of amides is 1. The lowest BCUT2D eigenvalue weighted by Gasteiger charge is -2.14. The lowest BCUT2D eigenvalue weighted by atomic mass is 10.2. The van der Waals surface area contributed by atoms with Gasteiger partial charge in [-0.15, -0.1) is 11.3 Å². The summed E-state index contributed by atoms with van der Waals surface area (Å²) in [5, 5.41) is 2.91. The molecule has 0 saturated carbocycles. The van der Waals surface area contributed by atoms with E-state index >= 15 is 0 Å². The summed E-state index contributed by atoms with van der Waals surface area (Å²) in [7, 11) is 0. The van der Waals surface area contributed by atoms with Gasteiger partial charge in [0.05, 0.1) is 11.4 Å². The molecular formula is C14H20N2O2S. The summed E-state index contributed by atoms with van der Waals surface area (Å²) in [6.45, 7) is 5.74. The quantitative estimate of drug-likeness (QED) is 0.835. The summed E-state index contributed by atoms with van der Waals surface area (Å²) < 4.78 is 0. The highest BCUT2D eigenvalue weighted by atomic mass is 32.1. The van der Waals surface area contributed by atoms with Crippen LogP contribution in [0.2, 0.25) is 0 Å². The maximum atomic E-state index is 12.1. The van der Waals surface area contributed by atoms with Crippen molar-refractivity contribution in [2.24, 2.45) is 0 Å². The molecule has 2 heterocycles. The number of ketones is 1.